The third kappa shape index (κ3) is 15.0. The topological polar surface area (TPSA) is 231 Å². The molecule has 10 aromatic rings. The Kier molecular flexibility index (Phi) is 24.2. The predicted molar refractivity (Wildman–Crippen MR) is 394 cm³/mol. The van der Waals surface area contributed by atoms with E-state index in [9.17, 15) is 47.9 Å². The minimum absolute atomic E-state index is 0.00126. The van der Waals surface area contributed by atoms with Crippen LogP contribution in [0.2, 0.25) is 0 Å². The minimum atomic E-state index is -0.966. The van der Waals surface area contributed by atoms with Crippen LogP contribution in [0.25, 0.3) is 83.4 Å². The van der Waals surface area contributed by atoms with Crippen molar-refractivity contribution in [1.82, 2.24) is 20.0 Å². The molecular weight excluding hydrogens is 1390 g/mol. The van der Waals surface area contributed by atoms with Gasteiger partial charge in [-0.3, -0.25) is 57.7 Å². The van der Waals surface area contributed by atoms with Crippen LogP contribution in [-0.4, -0.2) is 123 Å². The standard InChI is InChI=1S/C32H28N2O6S.C23H12O6S.C9H18N2O.S6.S3/c35-24(34-11-9-19(10-12-34)33-13-15-40-16-14-33)8-6-18-5-7-22-23(17-18)28(37)26-25-27(36)20-3-1-2-4-21(20)29(38)31(25)41-32(26)30(22)39;24-15(25)8-6-10-5-7-13-14(9-10)19(27)17-16-18(26)11-3-1-2-4-12(11)20(28)22(16)30-23(17)21(13)29;1-3-10-4-2-9(1)11-5-7-12-8-6-11;1-3-5-6-4-2;1-3-2/h1-5,7,17,19H,6,8-16H2;1-5,7,9H,6,8H2,(H,24,25);9-10H,1-8H2;;. The van der Waals surface area contributed by atoms with E-state index in [-0.39, 0.29) is 113 Å². The number of carbonyl (C=O) groups excluding carboxylic acids is 1. The van der Waals surface area contributed by atoms with Gasteiger partial charge in [0.1, 0.15) is 0 Å². The molecule has 4 saturated heterocycles. The molecule has 6 heterocycles. The summed E-state index contributed by atoms with van der Waals surface area (Å²) in [5, 5.41) is 14.2. The van der Waals surface area contributed by atoms with E-state index in [0.29, 0.717) is 29.8 Å². The molecule has 0 spiro atoms. The van der Waals surface area contributed by atoms with Crippen molar-refractivity contribution >= 4 is 207 Å². The van der Waals surface area contributed by atoms with Gasteiger partial charge in [-0.1, -0.05) is 60.7 Å². The number of rotatable bonds is 8. The van der Waals surface area contributed by atoms with Crippen LogP contribution in [0.15, 0.2) is 123 Å². The molecule has 14 rings (SSSR count). The van der Waals surface area contributed by atoms with Gasteiger partial charge in [0.2, 0.25) is 27.6 Å². The van der Waals surface area contributed by atoms with Gasteiger partial charge in [-0.2, -0.15) is 0 Å². The van der Waals surface area contributed by atoms with E-state index in [1.54, 1.807) is 66.7 Å². The number of aryl methyl sites for hydroxylation is 2. The van der Waals surface area contributed by atoms with Crippen LogP contribution in [0.4, 0.5) is 0 Å². The average molecular weight is 1440 g/mol. The number of amides is 1. The molecule has 4 aliphatic rings. The van der Waals surface area contributed by atoms with Gasteiger partial charge >= 0.3 is 5.97 Å². The SMILES string of the molecule is C1CC(N2CCOCC2)CCN1.O=C(CCc1ccc2c(=O)c3sc4c(=O)c5ccccc5c(=O)c4c3c(=O)c2c1)N1CCC(N2CCOCC2)CC1.O=C(O)CCc1ccc2c(=O)c3sc4c(=O)c5ccccc5c(=O)c4c3c(=O)c2c1.S=S=S.S=S=S=S=S=S. The summed E-state index contributed by atoms with van der Waals surface area (Å²) in [7, 11) is 6.55. The Labute approximate surface area is 566 Å². The fourth-order valence-electron chi connectivity index (χ4n) is 12.6. The van der Waals surface area contributed by atoms with Crippen LogP contribution in [-0.2, 0) is 121 Å². The van der Waals surface area contributed by atoms with Crippen LogP contribution in [0, 0.1) is 0 Å². The van der Waals surface area contributed by atoms with E-state index in [1.807, 2.05) is 4.90 Å². The molecule has 4 aliphatic heterocycles. The largest absolute Gasteiger partial charge is 0.481 e. The fourth-order valence-corrected chi connectivity index (χ4v) is 20.5. The number of morpholine rings is 2. The maximum atomic E-state index is 13.8. The van der Waals surface area contributed by atoms with Crippen molar-refractivity contribution in [2.24, 2.45) is 0 Å². The molecule has 0 atom stereocenters. The second-order valence-corrected chi connectivity index (χ2v) is 33.0. The second-order valence-electron chi connectivity index (χ2n) is 22.1. The van der Waals surface area contributed by atoms with Crippen LogP contribution in [0.1, 0.15) is 49.7 Å². The Bertz CT molecular complexity index is 5170. The van der Waals surface area contributed by atoms with E-state index < -0.39 is 33.1 Å². The number of thiophene rings is 2. The number of carbonyl (C=O) groups is 2. The summed E-state index contributed by atoms with van der Waals surface area (Å²) < 4.78 is 11.3. The lowest BCUT2D eigenvalue weighted by Gasteiger charge is -2.40. The van der Waals surface area contributed by atoms with Gasteiger partial charge in [-0.05, 0) is 87.0 Å². The number of piperidine rings is 2. The molecule has 92 heavy (non-hydrogen) atoms. The van der Waals surface area contributed by atoms with Gasteiger partial charge in [-0.25, -0.2) is 0 Å². The Balaban J connectivity index is 0.000000157. The van der Waals surface area contributed by atoms with Crippen molar-refractivity contribution in [3.05, 3.63) is 178 Å². The second kappa shape index (κ2) is 32.2. The fraction of sp³-hybridized carbons (Fsp3) is 0.344. The van der Waals surface area contributed by atoms with Crippen LogP contribution >= 0.6 is 22.7 Å². The lowest BCUT2D eigenvalue weighted by atomic mass is 9.99. The number of nitrogens with zero attached hydrogens (tertiary/aromatic N) is 3. The number of aliphatic carboxylic acids is 1. The van der Waals surface area contributed by atoms with E-state index in [2.05, 4.69) is 59.9 Å². The molecule has 28 heteroatoms. The Morgan fingerprint density at radius 1 is 0.467 bits per heavy atom. The normalized spacial score (nSPS) is 15.8. The Morgan fingerprint density at radius 3 is 1.17 bits per heavy atom. The minimum Gasteiger partial charge on any atom is -0.481 e. The van der Waals surface area contributed by atoms with Gasteiger partial charge in [-0.15, -0.1) is 22.7 Å². The van der Waals surface area contributed by atoms with Crippen molar-refractivity contribution in [3.63, 3.8) is 0 Å². The van der Waals surface area contributed by atoms with Crippen molar-refractivity contribution in [2.45, 2.75) is 63.5 Å². The van der Waals surface area contributed by atoms with Crippen molar-refractivity contribution in [1.29, 1.82) is 0 Å². The molecule has 0 bridgehead atoms. The molecule has 2 N–H and O–H groups in total. The first-order valence-electron chi connectivity index (χ1n) is 29.4. The zero-order chi connectivity index (χ0) is 65.2. The molecule has 0 unspecified atom stereocenters. The average Bonchev–Trinajstić information content (AvgIpc) is 1.55. The Morgan fingerprint density at radius 2 is 0.804 bits per heavy atom. The summed E-state index contributed by atoms with van der Waals surface area (Å²) >= 11 is 19.1. The van der Waals surface area contributed by atoms with Gasteiger partial charge in [0.15, 0.2) is 21.7 Å². The number of hydrogen-bond acceptors (Lipinski definition) is 21. The number of carboxylic acids is 1. The number of benzene rings is 8. The summed E-state index contributed by atoms with van der Waals surface area (Å²) in [5.41, 5.74) is -1.85. The molecule has 478 valence electrons. The van der Waals surface area contributed by atoms with E-state index in [0.717, 1.165) is 122 Å². The molecule has 0 radical (unpaired) electrons. The highest BCUT2D eigenvalue weighted by atomic mass is 33.3. The summed E-state index contributed by atoms with van der Waals surface area (Å²) in [5.74, 6) is -0.880. The highest BCUT2D eigenvalue weighted by Crippen LogP contribution is 2.31. The maximum absolute atomic E-state index is 13.8. The van der Waals surface area contributed by atoms with Gasteiger partial charge in [0, 0.05) is 196 Å². The van der Waals surface area contributed by atoms with E-state index in [1.165, 1.54) is 79.7 Å². The molecule has 0 aliphatic carbocycles. The number of fused-ring (bicyclic) bond motifs is 10. The highest BCUT2D eigenvalue weighted by molar-refractivity contribution is 8.64. The van der Waals surface area contributed by atoms with E-state index >= 15 is 0 Å². The quantitative estimate of drug-likeness (QED) is 0.186. The Hall–Kier alpha value is -5.64. The highest BCUT2D eigenvalue weighted by Gasteiger charge is 2.29. The predicted octanol–water partition coefficient (Wildman–Crippen LogP) is 5.68. The molecule has 2 aromatic heterocycles. The first-order chi connectivity index (χ1) is 44.6. The first kappa shape index (κ1) is 69.2. The summed E-state index contributed by atoms with van der Waals surface area (Å²) in [6.07, 6.45) is 5.41. The van der Waals surface area contributed by atoms with Crippen LogP contribution in [0.5, 0.6) is 0 Å². The van der Waals surface area contributed by atoms with Crippen molar-refractivity contribution in [2.75, 3.05) is 78.8 Å². The third-order valence-electron chi connectivity index (χ3n) is 17.1. The van der Waals surface area contributed by atoms with Crippen LogP contribution in [0.3, 0.4) is 0 Å². The number of carboxylic acid groups (broad SMARTS) is 1. The molecule has 4 fully saturated rings. The number of nitrogens with one attached hydrogen (secondary N) is 1. The van der Waals surface area contributed by atoms with Gasteiger partial charge in [0.05, 0.1) is 66.8 Å². The summed E-state index contributed by atoms with van der Waals surface area (Å²) in [6, 6.07) is 24.0. The smallest absolute Gasteiger partial charge is 0.303 e. The van der Waals surface area contributed by atoms with Crippen LogP contribution < -0.4 is 48.7 Å². The summed E-state index contributed by atoms with van der Waals surface area (Å²) in [6.45, 7) is 11.5. The molecule has 8 aromatic carbocycles. The first-order valence-corrected chi connectivity index (χ1v) is 40.4. The number of ether oxygens (including phenoxy) is 2. The molecule has 1 amide bonds. The zero-order valence-electron chi connectivity index (χ0n) is 49.1. The zero-order valence-corrected chi connectivity index (χ0v) is 58.0. The number of hydrogen-bond donors (Lipinski definition) is 2. The lowest BCUT2D eigenvalue weighted by Crippen LogP contribution is -2.50. The molecular formula is C64H58N4O13S11. The monoisotopic (exact) mass is 1440 g/mol. The van der Waals surface area contributed by atoms with E-state index in [4.69, 9.17) is 14.6 Å². The molecule has 17 nitrogen and oxygen atoms in total. The lowest BCUT2D eigenvalue weighted by molar-refractivity contribution is -0.137. The molecule has 0 saturated carbocycles. The maximum Gasteiger partial charge on any atom is 0.303 e. The van der Waals surface area contributed by atoms with Gasteiger partial charge < -0.3 is 24.8 Å². The third-order valence-corrected chi connectivity index (χ3v) is 26.2. The van der Waals surface area contributed by atoms with Gasteiger partial charge in [0.25, 0.3) is 0 Å². The summed E-state index contributed by atoms with van der Waals surface area (Å²) in [4.78, 5) is 137. The number of likely N-dealkylation sites (tertiary alicyclic amines) is 1. The van der Waals surface area contributed by atoms with Crippen molar-refractivity contribution < 1.29 is 24.2 Å². The van der Waals surface area contributed by atoms with Crippen molar-refractivity contribution in [3.8, 4) is 0 Å².